The van der Waals surface area contributed by atoms with E-state index >= 15 is 0 Å². The van der Waals surface area contributed by atoms with E-state index in [1.54, 1.807) is 24.3 Å². The summed E-state index contributed by atoms with van der Waals surface area (Å²) in [6.45, 7) is 0. The molecule has 1 aliphatic carbocycles. The highest BCUT2D eigenvalue weighted by Crippen LogP contribution is 2.24. The van der Waals surface area contributed by atoms with Crippen molar-refractivity contribution in [2.45, 2.75) is 31.7 Å². The lowest BCUT2D eigenvalue weighted by Gasteiger charge is -2.13. The number of rotatable bonds is 5. The number of benzene rings is 3. The van der Waals surface area contributed by atoms with Crippen molar-refractivity contribution >= 4 is 17.5 Å². The maximum Gasteiger partial charge on any atom is 0.256 e. The highest BCUT2D eigenvalue weighted by atomic mass is 16.2. The molecular formula is C25H24N2O2. The van der Waals surface area contributed by atoms with Crippen LogP contribution in [0.3, 0.4) is 0 Å². The molecule has 0 saturated heterocycles. The zero-order valence-electron chi connectivity index (χ0n) is 16.2. The first-order valence-corrected chi connectivity index (χ1v) is 10.1. The molecule has 1 saturated carbocycles. The summed E-state index contributed by atoms with van der Waals surface area (Å²) >= 11 is 0. The predicted octanol–water partition coefficient (Wildman–Crippen LogP) is 5.28. The van der Waals surface area contributed by atoms with Crippen LogP contribution in [0, 0.1) is 0 Å². The van der Waals surface area contributed by atoms with E-state index in [9.17, 15) is 9.59 Å². The maximum atomic E-state index is 12.9. The van der Waals surface area contributed by atoms with E-state index in [0.717, 1.165) is 24.0 Å². The average molecular weight is 384 g/mol. The Morgan fingerprint density at radius 1 is 0.724 bits per heavy atom. The van der Waals surface area contributed by atoms with Crippen LogP contribution in [0.25, 0.3) is 11.1 Å². The molecule has 0 unspecified atom stereocenters. The third-order valence-corrected chi connectivity index (χ3v) is 5.35. The van der Waals surface area contributed by atoms with Crippen LogP contribution in [0.1, 0.15) is 46.4 Å². The normalized spacial score (nSPS) is 13.8. The monoisotopic (exact) mass is 384 g/mol. The molecule has 1 aliphatic rings. The van der Waals surface area contributed by atoms with Gasteiger partial charge in [-0.2, -0.15) is 0 Å². The summed E-state index contributed by atoms with van der Waals surface area (Å²) in [5.74, 6) is -0.225. The molecule has 29 heavy (non-hydrogen) atoms. The van der Waals surface area contributed by atoms with Crippen molar-refractivity contribution in [3.63, 3.8) is 0 Å². The quantitative estimate of drug-likeness (QED) is 0.629. The third kappa shape index (κ3) is 4.54. The van der Waals surface area contributed by atoms with Crippen molar-refractivity contribution in [2.24, 2.45) is 0 Å². The highest BCUT2D eigenvalue weighted by molar-refractivity contribution is 6.08. The first kappa shape index (κ1) is 18.9. The minimum Gasteiger partial charge on any atom is -0.349 e. The van der Waals surface area contributed by atoms with E-state index in [4.69, 9.17) is 0 Å². The molecule has 0 aliphatic heterocycles. The van der Waals surface area contributed by atoms with E-state index in [-0.39, 0.29) is 17.9 Å². The number of carbonyl (C=O) groups is 2. The summed E-state index contributed by atoms with van der Waals surface area (Å²) in [5.41, 5.74) is 3.77. The fourth-order valence-electron chi connectivity index (χ4n) is 3.79. The Kier molecular flexibility index (Phi) is 5.71. The van der Waals surface area contributed by atoms with Crippen molar-refractivity contribution in [1.82, 2.24) is 5.32 Å². The molecule has 0 spiro atoms. The van der Waals surface area contributed by atoms with Gasteiger partial charge >= 0.3 is 0 Å². The molecule has 1 fully saturated rings. The first-order valence-electron chi connectivity index (χ1n) is 10.1. The lowest BCUT2D eigenvalue weighted by molar-refractivity contribution is 0.0937. The zero-order valence-corrected chi connectivity index (χ0v) is 16.2. The summed E-state index contributed by atoms with van der Waals surface area (Å²) in [4.78, 5) is 25.2. The average Bonchev–Trinajstić information content (AvgIpc) is 3.28. The van der Waals surface area contributed by atoms with E-state index in [1.807, 2.05) is 54.6 Å². The Bertz CT molecular complexity index is 991. The smallest absolute Gasteiger partial charge is 0.256 e. The summed E-state index contributed by atoms with van der Waals surface area (Å²) in [6.07, 6.45) is 4.47. The molecule has 2 N–H and O–H groups in total. The zero-order chi connectivity index (χ0) is 20.1. The third-order valence-electron chi connectivity index (χ3n) is 5.35. The largest absolute Gasteiger partial charge is 0.349 e. The van der Waals surface area contributed by atoms with Crippen LogP contribution in [0.4, 0.5) is 5.69 Å². The van der Waals surface area contributed by atoms with Crippen LogP contribution in [0.15, 0.2) is 78.9 Å². The van der Waals surface area contributed by atoms with Crippen LogP contribution in [0.2, 0.25) is 0 Å². The van der Waals surface area contributed by atoms with Gasteiger partial charge in [-0.15, -0.1) is 0 Å². The van der Waals surface area contributed by atoms with Gasteiger partial charge in [-0.25, -0.2) is 0 Å². The molecule has 2 amide bonds. The second kappa shape index (κ2) is 8.74. The minimum atomic E-state index is -0.174. The van der Waals surface area contributed by atoms with E-state index < -0.39 is 0 Å². The Balaban J connectivity index is 1.46. The number of anilines is 1. The molecule has 4 heteroatoms. The lowest BCUT2D eigenvalue weighted by atomic mass is 9.99. The van der Waals surface area contributed by atoms with E-state index in [0.29, 0.717) is 16.8 Å². The van der Waals surface area contributed by atoms with Crippen molar-refractivity contribution in [2.75, 3.05) is 5.32 Å². The number of hydrogen-bond donors (Lipinski definition) is 2. The number of nitrogens with one attached hydrogen (secondary N) is 2. The Labute approximate surface area is 171 Å². The van der Waals surface area contributed by atoms with Gasteiger partial charge in [0.25, 0.3) is 11.8 Å². The highest BCUT2D eigenvalue weighted by Gasteiger charge is 2.18. The Morgan fingerprint density at radius 2 is 1.38 bits per heavy atom. The van der Waals surface area contributed by atoms with Crippen molar-refractivity contribution in [3.8, 4) is 11.1 Å². The second-order valence-corrected chi connectivity index (χ2v) is 7.40. The van der Waals surface area contributed by atoms with Crippen LogP contribution in [-0.4, -0.2) is 17.9 Å². The van der Waals surface area contributed by atoms with Crippen molar-refractivity contribution in [1.29, 1.82) is 0 Å². The first-order chi connectivity index (χ1) is 14.2. The van der Waals surface area contributed by atoms with Crippen LogP contribution in [0.5, 0.6) is 0 Å². The van der Waals surface area contributed by atoms with Gasteiger partial charge in [-0.1, -0.05) is 61.4 Å². The number of carbonyl (C=O) groups excluding carboxylic acids is 2. The molecule has 4 nitrogen and oxygen atoms in total. The standard InChI is InChI=1S/C25H24N2O2/c28-24(26-20-10-4-5-11-20)19-14-16-21(17-15-19)27-25(29)23-13-7-6-12-22(23)18-8-2-1-3-9-18/h1-3,6-9,12-17,20H,4-5,10-11H2,(H,26,28)(H,27,29). The predicted molar refractivity (Wildman–Crippen MR) is 116 cm³/mol. The van der Waals surface area contributed by atoms with Gasteiger partial charge in [0.15, 0.2) is 0 Å². The van der Waals surface area contributed by atoms with Gasteiger partial charge in [0.1, 0.15) is 0 Å². The number of hydrogen-bond acceptors (Lipinski definition) is 2. The van der Waals surface area contributed by atoms with Crippen LogP contribution >= 0.6 is 0 Å². The number of amides is 2. The molecule has 0 aromatic heterocycles. The molecular weight excluding hydrogens is 360 g/mol. The van der Waals surface area contributed by atoms with E-state index in [2.05, 4.69) is 10.6 Å². The van der Waals surface area contributed by atoms with Crippen molar-refractivity contribution < 1.29 is 9.59 Å². The fourth-order valence-corrected chi connectivity index (χ4v) is 3.79. The van der Waals surface area contributed by atoms with Crippen molar-refractivity contribution in [3.05, 3.63) is 90.0 Å². The van der Waals surface area contributed by atoms with Gasteiger partial charge in [-0.3, -0.25) is 9.59 Å². The summed E-state index contributed by atoms with van der Waals surface area (Å²) in [7, 11) is 0. The molecule has 0 heterocycles. The minimum absolute atomic E-state index is 0.0517. The molecule has 0 atom stereocenters. The van der Waals surface area contributed by atoms with Gasteiger partial charge in [0, 0.05) is 22.9 Å². The summed E-state index contributed by atoms with van der Waals surface area (Å²) in [6, 6.07) is 24.7. The SMILES string of the molecule is O=C(NC1CCCC1)c1ccc(NC(=O)c2ccccc2-c2ccccc2)cc1. The van der Waals surface area contributed by atoms with Crippen LogP contribution < -0.4 is 10.6 Å². The topological polar surface area (TPSA) is 58.2 Å². The van der Waals surface area contributed by atoms with Gasteiger partial charge < -0.3 is 10.6 Å². The Hall–Kier alpha value is -3.40. The fraction of sp³-hybridized carbons (Fsp3) is 0.200. The molecule has 3 aromatic carbocycles. The molecule has 3 aromatic rings. The lowest BCUT2D eigenvalue weighted by Crippen LogP contribution is -2.32. The van der Waals surface area contributed by atoms with Gasteiger partial charge in [0.2, 0.25) is 0 Å². The van der Waals surface area contributed by atoms with Crippen LogP contribution in [-0.2, 0) is 0 Å². The van der Waals surface area contributed by atoms with E-state index in [1.165, 1.54) is 12.8 Å². The van der Waals surface area contributed by atoms with Gasteiger partial charge in [-0.05, 0) is 54.3 Å². The molecule has 146 valence electrons. The molecule has 0 bridgehead atoms. The Morgan fingerprint density at radius 3 is 2.10 bits per heavy atom. The van der Waals surface area contributed by atoms with Gasteiger partial charge in [0.05, 0.1) is 0 Å². The molecule has 4 rings (SSSR count). The maximum absolute atomic E-state index is 12.9. The summed E-state index contributed by atoms with van der Waals surface area (Å²) in [5, 5.41) is 6.02. The summed E-state index contributed by atoms with van der Waals surface area (Å²) < 4.78 is 0. The second-order valence-electron chi connectivity index (χ2n) is 7.40. The molecule has 0 radical (unpaired) electrons.